The van der Waals surface area contributed by atoms with Gasteiger partial charge in [-0.05, 0) is 23.7 Å². The van der Waals surface area contributed by atoms with Crippen LogP contribution < -0.4 is 31.8 Å². The van der Waals surface area contributed by atoms with Crippen LogP contribution in [0.15, 0.2) is 21.9 Å². The molecule has 0 radical (unpaired) electrons. The molecular weight excluding hydrogens is 570 g/mol. The summed E-state index contributed by atoms with van der Waals surface area (Å²) in [6.45, 7) is 1.82. The van der Waals surface area contributed by atoms with E-state index in [1.807, 2.05) is 0 Å². The lowest BCUT2D eigenvalue weighted by Gasteiger charge is -2.55. The number of nitrogens with zero attached hydrogens (tertiary/aromatic N) is 5. The number of β-lactam (4-membered cyclic amide) rings is 1. The fourth-order valence-corrected chi connectivity index (χ4v) is 7.25. The van der Waals surface area contributed by atoms with E-state index in [-0.39, 0.29) is 47.0 Å². The van der Waals surface area contributed by atoms with E-state index in [2.05, 4.69) is 25.8 Å². The Morgan fingerprint density at radius 1 is 1.44 bits per heavy atom. The minimum absolute atomic E-state index is 0.0486. The highest BCUT2D eigenvalue weighted by atomic mass is 32.2. The summed E-state index contributed by atoms with van der Waals surface area (Å²) in [6, 6.07) is -0.880. The Kier molecular flexibility index (Phi) is 8.45. The van der Waals surface area contributed by atoms with Gasteiger partial charge in [0.1, 0.15) is 35.6 Å². The van der Waals surface area contributed by atoms with Crippen LogP contribution in [-0.2, 0) is 31.1 Å². The maximum absolute atomic E-state index is 13.0. The van der Waals surface area contributed by atoms with Crippen molar-refractivity contribution in [3.8, 4) is 0 Å². The number of hydrogen-bond acceptors (Lipinski definition) is 14. The smallest absolute Gasteiger partial charge is 0.361 e. The summed E-state index contributed by atoms with van der Waals surface area (Å²) >= 11 is 3.50. The fourth-order valence-electron chi connectivity index (χ4n) is 3.91. The van der Waals surface area contributed by atoms with Gasteiger partial charge in [0.2, 0.25) is 12.3 Å². The normalized spacial score (nSPS) is 22.5. The maximum Gasteiger partial charge on any atom is 0.361 e. The summed E-state index contributed by atoms with van der Waals surface area (Å²) in [5.41, 5.74) is 10.6. The quantitative estimate of drug-likeness (QED) is 0.0412. The lowest BCUT2D eigenvalue weighted by atomic mass is 9.89. The van der Waals surface area contributed by atoms with Crippen molar-refractivity contribution in [2.45, 2.75) is 23.5 Å². The zero-order chi connectivity index (χ0) is 28.3. The summed E-state index contributed by atoms with van der Waals surface area (Å²) in [5.74, 6) is -2.14. The molecule has 18 heteroatoms. The van der Waals surface area contributed by atoms with Crippen LogP contribution in [0.1, 0.15) is 12.6 Å². The number of aromatic nitrogens is 3. The molecule has 208 valence electrons. The first-order chi connectivity index (χ1) is 18.6. The molecule has 2 fully saturated rings. The largest absolute Gasteiger partial charge is 0.549 e. The van der Waals surface area contributed by atoms with E-state index in [9.17, 15) is 24.3 Å². The summed E-state index contributed by atoms with van der Waals surface area (Å²) < 4.78 is 1.60. The van der Waals surface area contributed by atoms with Crippen molar-refractivity contribution in [1.29, 1.82) is 0 Å². The van der Waals surface area contributed by atoms with Gasteiger partial charge in [0, 0.05) is 28.8 Å². The second-order valence-electron chi connectivity index (χ2n) is 8.60. The Labute approximate surface area is 234 Å². The van der Waals surface area contributed by atoms with E-state index < -0.39 is 34.6 Å². The van der Waals surface area contributed by atoms with Gasteiger partial charge in [-0.3, -0.25) is 14.4 Å². The van der Waals surface area contributed by atoms with Crippen LogP contribution in [0.4, 0.5) is 16.6 Å². The molecule has 39 heavy (non-hydrogen) atoms. The van der Waals surface area contributed by atoms with Crippen molar-refractivity contribution < 1.29 is 33.7 Å². The van der Waals surface area contributed by atoms with Gasteiger partial charge in [-0.1, -0.05) is 5.16 Å². The van der Waals surface area contributed by atoms with Crippen molar-refractivity contribution >= 4 is 81.4 Å². The molecule has 0 saturated carbocycles. The van der Waals surface area contributed by atoms with E-state index in [0.717, 1.165) is 23.1 Å². The highest BCUT2D eigenvalue weighted by molar-refractivity contribution is 8.00. The number of aliphatic carboxylic acids is 1. The predicted molar refractivity (Wildman–Crippen MR) is 142 cm³/mol. The number of carboxylic acid groups (broad SMARTS) is 1. The van der Waals surface area contributed by atoms with Crippen LogP contribution in [0.3, 0.4) is 0 Å². The third kappa shape index (κ3) is 5.71. The van der Waals surface area contributed by atoms with E-state index in [0.29, 0.717) is 17.3 Å². The van der Waals surface area contributed by atoms with E-state index in [4.69, 9.17) is 16.3 Å². The second kappa shape index (κ2) is 11.6. The monoisotopic (exact) mass is 595 g/mol. The molecule has 3 amide bonds. The van der Waals surface area contributed by atoms with Gasteiger partial charge < -0.3 is 41.7 Å². The Hall–Kier alpha value is -3.64. The van der Waals surface area contributed by atoms with Crippen LogP contribution in [0.5, 0.6) is 0 Å². The Morgan fingerprint density at radius 3 is 2.85 bits per heavy atom. The van der Waals surface area contributed by atoms with E-state index >= 15 is 0 Å². The highest BCUT2D eigenvalue weighted by Crippen LogP contribution is 2.44. The number of thiazole rings is 1. The molecule has 2 aliphatic heterocycles. The average molecular weight is 596 g/mol. The van der Waals surface area contributed by atoms with Crippen LogP contribution in [-0.4, -0.2) is 80.8 Å². The first kappa shape index (κ1) is 28.4. The molecule has 3 atom stereocenters. The number of nitrogen functional groups attached to an aromatic ring is 2. The number of carboxylic acids is 1. The standard InChI is InChI=1S/C21H25N9O6S3/c1-3-36-28-12(11-5-37-19(23)25-11)15(32)26-13-16(33)30-6-21(18(34)35,7-38-17(13)30)8-39-20-27-14(22)10(24-9-31)4-29(20)2/h4-5,9,13,17,22H,3,6-8H2,1-2H3,(H5,23,24,25,26,31,32,34,35)/t13?,17-,21?/m1/s1. The molecule has 2 aliphatic rings. The van der Waals surface area contributed by atoms with Gasteiger partial charge in [0.05, 0.1) is 13.0 Å². The van der Waals surface area contributed by atoms with E-state index in [1.54, 1.807) is 30.1 Å². The first-order valence-corrected chi connectivity index (χ1v) is 14.4. The third-order valence-electron chi connectivity index (χ3n) is 5.94. The topological polar surface area (TPSA) is 222 Å². The molecule has 15 nitrogen and oxygen atoms in total. The molecule has 0 bridgehead atoms. The molecule has 6 N–H and O–H groups in total. The number of rotatable bonds is 11. The van der Waals surface area contributed by atoms with Crippen LogP contribution >= 0.6 is 34.9 Å². The molecular formula is C21H25N9O6S3. The second-order valence-corrected chi connectivity index (χ2v) is 11.5. The molecule has 2 aromatic rings. The van der Waals surface area contributed by atoms with Crippen molar-refractivity contribution in [3.63, 3.8) is 0 Å². The molecule has 4 rings (SSSR count). The Morgan fingerprint density at radius 2 is 2.21 bits per heavy atom. The molecule has 2 saturated heterocycles. The molecule has 2 unspecified atom stereocenters. The Bertz CT molecular complexity index is 1340. The van der Waals surface area contributed by atoms with Crippen LogP contribution in [0.2, 0.25) is 0 Å². The van der Waals surface area contributed by atoms with Gasteiger partial charge in [-0.2, -0.15) is 0 Å². The summed E-state index contributed by atoms with van der Waals surface area (Å²) in [7, 11) is 1.68. The molecule has 4 heterocycles. The van der Waals surface area contributed by atoms with Crippen LogP contribution in [0.25, 0.3) is 0 Å². The number of anilines is 3. The zero-order valence-electron chi connectivity index (χ0n) is 20.8. The number of hydrogen-bond donors (Lipinski definition) is 4. The average Bonchev–Trinajstić information content (AvgIpc) is 3.34. The highest BCUT2D eigenvalue weighted by Gasteiger charge is 2.56. The predicted octanol–water partition coefficient (Wildman–Crippen LogP) is -2.24. The number of nitrogens with two attached hydrogens (primary N) is 2. The van der Waals surface area contributed by atoms with Crippen molar-refractivity contribution in [2.24, 2.45) is 17.6 Å². The molecule has 0 aromatic carbocycles. The van der Waals surface area contributed by atoms with E-state index in [1.165, 1.54) is 16.7 Å². The number of thioether (sulfide) groups is 2. The van der Waals surface area contributed by atoms with Gasteiger partial charge in [-0.25, -0.2) is 9.55 Å². The summed E-state index contributed by atoms with van der Waals surface area (Å²) in [4.78, 5) is 63.7. The number of nitrogens with one attached hydrogen (secondary N) is 2. The van der Waals surface area contributed by atoms with Gasteiger partial charge in [0.25, 0.3) is 11.7 Å². The van der Waals surface area contributed by atoms with Crippen molar-refractivity contribution in [2.75, 3.05) is 41.4 Å². The summed E-state index contributed by atoms with van der Waals surface area (Å²) in [5, 5.41) is 23.0. The zero-order valence-corrected chi connectivity index (χ0v) is 23.2. The SMILES string of the molecule is CCON=C(C(=O)NC1C(=O)N2CC(CSc3nc(N)c(NC=O)c[n+]3C)(C(=O)[O-])CS[C@H]12)c1csc(N)n1. The lowest BCUT2D eigenvalue weighted by molar-refractivity contribution is -0.712. The first-order valence-electron chi connectivity index (χ1n) is 11.4. The number of carbonyl (C=O) groups is 4. The maximum atomic E-state index is 13.0. The minimum Gasteiger partial charge on any atom is -0.549 e. The molecule has 0 aliphatic carbocycles. The molecule has 0 spiro atoms. The van der Waals surface area contributed by atoms with Crippen molar-refractivity contribution in [3.05, 3.63) is 17.3 Å². The Balaban J connectivity index is 1.44. The van der Waals surface area contributed by atoms with Crippen LogP contribution in [0, 0.1) is 5.41 Å². The van der Waals surface area contributed by atoms with Crippen molar-refractivity contribution in [1.82, 2.24) is 20.2 Å². The number of fused-ring (bicyclic) bond motifs is 1. The van der Waals surface area contributed by atoms with Gasteiger partial charge in [-0.15, -0.1) is 23.1 Å². The number of amides is 3. The summed E-state index contributed by atoms with van der Waals surface area (Å²) in [6.07, 6.45) is 2.04. The van der Waals surface area contributed by atoms with Gasteiger partial charge in [0.15, 0.2) is 10.8 Å². The fraction of sp³-hybridized carbons (Fsp3) is 0.429. The lowest BCUT2D eigenvalue weighted by Crippen LogP contribution is -2.75. The number of oxime groups is 1. The number of carbonyl (C=O) groups excluding carboxylic acids is 4. The van der Waals surface area contributed by atoms with Gasteiger partial charge >= 0.3 is 5.16 Å². The molecule has 2 aromatic heterocycles. The third-order valence-corrected chi connectivity index (χ3v) is 9.53. The minimum atomic E-state index is -1.38. The number of aryl methyl sites for hydroxylation is 1.